The molecule has 1 aliphatic rings. The van der Waals surface area contributed by atoms with Gasteiger partial charge in [0.15, 0.2) is 5.76 Å². The van der Waals surface area contributed by atoms with Crippen LogP contribution in [-0.4, -0.2) is 27.1 Å². The number of aryl methyl sites for hydroxylation is 2. The zero-order valence-corrected chi connectivity index (χ0v) is 20.1. The number of fused-ring (bicyclic) bond motifs is 1. The van der Waals surface area contributed by atoms with E-state index in [2.05, 4.69) is 10.4 Å². The standard InChI is InChI=1S/C28H28N4O3/c1-4-21-11-5-6-12-23(21)32-26(33)24-16-22(25-13-8-14-35-25)30-31(24)18-28(32,3)27(34)29-17-20-10-7-9-19(2)15-20/h5-16H,4,17-18H2,1-3H3,(H,29,34)/t28-/m1/s1. The first-order valence-electron chi connectivity index (χ1n) is 11.8. The second-order valence-electron chi connectivity index (χ2n) is 9.12. The Hall–Kier alpha value is -4.13. The number of anilines is 1. The molecule has 1 aliphatic heterocycles. The fraction of sp³-hybridized carbons (Fsp3) is 0.250. The van der Waals surface area contributed by atoms with Gasteiger partial charge in [0.25, 0.3) is 5.91 Å². The van der Waals surface area contributed by atoms with Crippen LogP contribution in [0.25, 0.3) is 11.5 Å². The molecule has 1 N–H and O–H groups in total. The topological polar surface area (TPSA) is 80.4 Å². The minimum absolute atomic E-state index is 0.215. The Bertz CT molecular complexity index is 1390. The molecule has 0 saturated heterocycles. The molecule has 1 atom stereocenters. The average Bonchev–Trinajstić information content (AvgIpc) is 3.53. The minimum Gasteiger partial charge on any atom is -0.463 e. The van der Waals surface area contributed by atoms with Gasteiger partial charge in [0.1, 0.15) is 16.9 Å². The van der Waals surface area contributed by atoms with E-state index in [9.17, 15) is 9.59 Å². The number of benzene rings is 2. The molecule has 0 spiro atoms. The van der Waals surface area contributed by atoms with Crippen molar-refractivity contribution in [2.24, 2.45) is 0 Å². The highest BCUT2D eigenvalue weighted by Gasteiger charge is 2.49. The molecule has 0 radical (unpaired) electrons. The molecular formula is C28H28N4O3. The zero-order chi connectivity index (χ0) is 24.6. The Balaban J connectivity index is 1.56. The molecule has 0 bridgehead atoms. The van der Waals surface area contributed by atoms with Crippen LogP contribution in [-0.2, 0) is 24.3 Å². The number of hydrogen-bond donors (Lipinski definition) is 1. The zero-order valence-electron chi connectivity index (χ0n) is 20.1. The van der Waals surface area contributed by atoms with Crippen LogP contribution in [0, 0.1) is 6.92 Å². The SMILES string of the molecule is CCc1ccccc1N1C(=O)c2cc(-c3ccco3)nn2C[C@]1(C)C(=O)NCc1cccc(C)c1. The van der Waals surface area contributed by atoms with Crippen molar-refractivity contribution in [3.8, 4) is 11.5 Å². The Morgan fingerprint density at radius 2 is 1.94 bits per heavy atom. The Labute approximate surface area is 204 Å². The lowest BCUT2D eigenvalue weighted by molar-refractivity contribution is -0.126. The molecule has 3 heterocycles. The smallest absolute Gasteiger partial charge is 0.277 e. The third-order valence-electron chi connectivity index (χ3n) is 6.57. The van der Waals surface area contributed by atoms with Gasteiger partial charge in [0.2, 0.25) is 5.91 Å². The van der Waals surface area contributed by atoms with Crippen molar-refractivity contribution in [3.05, 3.63) is 95.4 Å². The maximum atomic E-state index is 14.0. The summed E-state index contributed by atoms with van der Waals surface area (Å²) in [5.41, 5.74) is 3.66. The quantitative estimate of drug-likeness (QED) is 0.443. The van der Waals surface area contributed by atoms with Crippen LogP contribution in [0.2, 0.25) is 0 Å². The summed E-state index contributed by atoms with van der Waals surface area (Å²) >= 11 is 0. The van der Waals surface area contributed by atoms with E-state index < -0.39 is 5.54 Å². The average molecular weight is 469 g/mol. The number of furan rings is 1. The third-order valence-corrected chi connectivity index (χ3v) is 6.57. The van der Waals surface area contributed by atoms with Crippen LogP contribution in [0.3, 0.4) is 0 Å². The van der Waals surface area contributed by atoms with Crippen LogP contribution in [0.1, 0.15) is 41.0 Å². The van der Waals surface area contributed by atoms with Crippen LogP contribution in [0.5, 0.6) is 0 Å². The van der Waals surface area contributed by atoms with E-state index in [0.717, 1.165) is 28.8 Å². The predicted molar refractivity (Wildman–Crippen MR) is 134 cm³/mol. The molecule has 2 amide bonds. The van der Waals surface area contributed by atoms with Gasteiger partial charge in [-0.25, -0.2) is 0 Å². The maximum Gasteiger partial charge on any atom is 0.277 e. The summed E-state index contributed by atoms with van der Waals surface area (Å²) in [6.07, 6.45) is 2.31. The number of amides is 2. The van der Waals surface area contributed by atoms with E-state index in [4.69, 9.17) is 4.42 Å². The molecule has 5 rings (SSSR count). The second kappa shape index (κ2) is 8.91. The molecular weight excluding hydrogens is 440 g/mol. The van der Waals surface area contributed by atoms with Gasteiger partial charge < -0.3 is 9.73 Å². The Kier molecular flexibility index (Phi) is 5.76. The number of carbonyl (C=O) groups is 2. The van der Waals surface area contributed by atoms with Gasteiger partial charge in [-0.3, -0.25) is 19.2 Å². The van der Waals surface area contributed by atoms with E-state index in [0.29, 0.717) is 23.7 Å². The number of carbonyl (C=O) groups excluding carboxylic acids is 2. The molecule has 0 fully saturated rings. The van der Waals surface area contributed by atoms with Crippen molar-refractivity contribution in [1.82, 2.24) is 15.1 Å². The number of hydrogen-bond acceptors (Lipinski definition) is 4. The highest BCUT2D eigenvalue weighted by Crippen LogP contribution is 2.36. The second-order valence-corrected chi connectivity index (χ2v) is 9.12. The molecule has 178 valence electrons. The summed E-state index contributed by atoms with van der Waals surface area (Å²) in [5, 5.41) is 7.68. The first-order valence-corrected chi connectivity index (χ1v) is 11.8. The summed E-state index contributed by atoms with van der Waals surface area (Å²) in [6, 6.07) is 21.1. The van der Waals surface area contributed by atoms with Gasteiger partial charge in [0, 0.05) is 18.3 Å². The maximum absolute atomic E-state index is 14.0. The van der Waals surface area contributed by atoms with E-state index in [1.807, 2.05) is 62.4 Å². The molecule has 0 aliphatic carbocycles. The Morgan fingerprint density at radius 1 is 1.11 bits per heavy atom. The molecule has 7 heteroatoms. The van der Waals surface area contributed by atoms with Crippen molar-refractivity contribution in [2.45, 2.75) is 45.8 Å². The van der Waals surface area contributed by atoms with Gasteiger partial charge in [-0.2, -0.15) is 5.10 Å². The van der Waals surface area contributed by atoms with Gasteiger partial charge in [-0.1, -0.05) is 55.0 Å². The minimum atomic E-state index is -1.19. The summed E-state index contributed by atoms with van der Waals surface area (Å²) < 4.78 is 7.12. The monoisotopic (exact) mass is 468 g/mol. The van der Waals surface area contributed by atoms with E-state index in [-0.39, 0.29) is 18.4 Å². The fourth-order valence-electron chi connectivity index (χ4n) is 4.73. The fourth-order valence-corrected chi connectivity index (χ4v) is 4.73. The molecule has 4 aromatic rings. The molecule has 0 saturated carbocycles. The third kappa shape index (κ3) is 4.03. The van der Waals surface area contributed by atoms with Crippen molar-refractivity contribution in [3.63, 3.8) is 0 Å². The van der Waals surface area contributed by atoms with Crippen molar-refractivity contribution in [2.75, 3.05) is 4.90 Å². The normalized spacial score (nSPS) is 17.3. The molecule has 2 aromatic heterocycles. The van der Waals surface area contributed by atoms with Crippen LogP contribution in [0.15, 0.2) is 77.4 Å². The van der Waals surface area contributed by atoms with Crippen LogP contribution < -0.4 is 10.2 Å². The number of aromatic nitrogens is 2. The van der Waals surface area contributed by atoms with Gasteiger partial charge >= 0.3 is 0 Å². The molecule has 2 aromatic carbocycles. The summed E-state index contributed by atoms with van der Waals surface area (Å²) in [4.78, 5) is 29.4. The number of nitrogens with zero attached hydrogens (tertiary/aromatic N) is 3. The van der Waals surface area contributed by atoms with E-state index in [1.54, 1.807) is 41.0 Å². The highest BCUT2D eigenvalue weighted by molar-refractivity contribution is 6.12. The van der Waals surface area contributed by atoms with Crippen LogP contribution in [0.4, 0.5) is 5.69 Å². The number of para-hydroxylation sites is 1. The molecule has 35 heavy (non-hydrogen) atoms. The van der Waals surface area contributed by atoms with Gasteiger partial charge in [0.05, 0.1) is 12.8 Å². The summed E-state index contributed by atoms with van der Waals surface area (Å²) in [6.45, 7) is 6.46. The van der Waals surface area contributed by atoms with Crippen molar-refractivity contribution in [1.29, 1.82) is 0 Å². The Morgan fingerprint density at radius 3 is 2.69 bits per heavy atom. The first kappa shape index (κ1) is 22.7. The lowest BCUT2D eigenvalue weighted by Gasteiger charge is -2.43. The first-order chi connectivity index (χ1) is 16.9. The molecule has 7 nitrogen and oxygen atoms in total. The lowest BCUT2D eigenvalue weighted by Crippen LogP contribution is -2.64. The van der Waals surface area contributed by atoms with E-state index in [1.165, 1.54) is 0 Å². The van der Waals surface area contributed by atoms with E-state index >= 15 is 0 Å². The predicted octanol–water partition coefficient (Wildman–Crippen LogP) is 4.75. The molecule has 0 unspecified atom stereocenters. The number of nitrogens with one attached hydrogen (secondary N) is 1. The van der Waals surface area contributed by atoms with Crippen LogP contribution >= 0.6 is 0 Å². The van der Waals surface area contributed by atoms with Gasteiger partial charge in [-0.05, 0) is 49.6 Å². The van der Waals surface area contributed by atoms with Gasteiger partial charge in [-0.15, -0.1) is 0 Å². The summed E-state index contributed by atoms with van der Waals surface area (Å²) in [7, 11) is 0. The lowest BCUT2D eigenvalue weighted by atomic mass is 9.92. The van der Waals surface area contributed by atoms with Crippen molar-refractivity contribution < 1.29 is 14.0 Å². The van der Waals surface area contributed by atoms with Crippen molar-refractivity contribution >= 4 is 17.5 Å². The summed E-state index contributed by atoms with van der Waals surface area (Å²) in [5.74, 6) is 0.0698. The largest absolute Gasteiger partial charge is 0.463 e. The number of rotatable bonds is 6. The highest BCUT2D eigenvalue weighted by atomic mass is 16.3.